The number of hydrogen-bond donors (Lipinski definition) is 1. The summed E-state index contributed by atoms with van der Waals surface area (Å²) in [5, 5.41) is 2.75. The molecule has 28 heavy (non-hydrogen) atoms. The molecule has 1 N–H and O–H groups in total. The molecule has 3 aliphatic rings. The molecule has 3 atom stereocenters. The van der Waals surface area contributed by atoms with Gasteiger partial charge < -0.3 is 29.0 Å². The van der Waals surface area contributed by atoms with Gasteiger partial charge in [0.2, 0.25) is 0 Å². The third-order valence-electron chi connectivity index (χ3n) is 5.86. The zero-order valence-electron chi connectivity index (χ0n) is 16.6. The molecule has 2 aliphatic heterocycles. The Balaban J connectivity index is 1.60. The lowest BCUT2D eigenvalue weighted by atomic mass is 9.69. The number of esters is 1. The van der Waals surface area contributed by atoms with E-state index in [0.29, 0.717) is 6.42 Å². The smallest absolute Gasteiger partial charge is 0.396 e. The molecule has 1 radical (unpaired) electrons. The van der Waals surface area contributed by atoms with Gasteiger partial charge in [0.15, 0.2) is 11.5 Å². The minimum atomic E-state index is -0.326. The topological polar surface area (TPSA) is 69.3 Å². The van der Waals surface area contributed by atoms with E-state index in [2.05, 4.69) is 29.3 Å². The first-order valence-electron chi connectivity index (χ1n) is 9.59. The van der Waals surface area contributed by atoms with E-state index in [9.17, 15) is 4.79 Å². The Morgan fingerprint density at radius 1 is 1.43 bits per heavy atom. The number of ether oxygens (including phenoxy) is 3. The summed E-state index contributed by atoms with van der Waals surface area (Å²) >= 11 is 0. The van der Waals surface area contributed by atoms with Crippen LogP contribution in [0.3, 0.4) is 0 Å². The molecule has 1 aromatic rings. The van der Waals surface area contributed by atoms with Gasteiger partial charge in [-0.15, -0.1) is 0 Å². The van der Waals surface area contributed by atoms with E-state index in [4.69, 9.17) is 18.9 Å². The predicted molar refractivity (Wildman–Crippen MR) is 104 cm³/mol. The highest BCUT2D eigenvalue weighted by atomic mass is 16.6. The number of rotatable bonds is 6. The lowest BCUT2D eigenvalue weighted by Gasteiger charge is -2.36. The molecule has 1 aliphatic carbocycles. The lowest BCUT2D eigenvalue weighted by Crippen LogP contribution is -2.44. The van der Waals surface area contributed by atoms with Crippen LogP contribution in [-0.4, -0.2) is 65.1 Å². The van der Waals surface area contributed by atoms with Gasteiger partial charge in [-0.05, 0) is 37.7 Å². The number of carbonyl (C=O) groups excluding carboxylic acids is 1. The van der Waals surface area contributed by atoms with Gasteiger partial charge in [0.25, 0.3) is 0 Å². The van der Waals surface area contributed by atoms with E-state index in [0.717, 1.165) is 31.0 Å². The molecule has 1 spiro atoms. The van der Waals surface area contributed by atoms with Gasteiger partial charge in [-0.2, -0.15) is 0 Å². The summed E-state index contributed by atoms with van der Waals surface area (Å²) in [4.78, 5) is 14.4. The highest BCUT2D eigenvalue weighted by molar-refractivity contribution is 6.23. The molecule has 8 heteroatoms. The van der Waals surface area contributed by atoms with Gasteiger partial charge in [-0.25, -0.2) is 0 Å². The molecule has 0 saturated heterocycles. The van der Waals surface area contributed by atoms with Crippen molar-refractivity contribution in [1.29, 1.82) is 0 Å². The first kappa shape index (κ1) is 19.3. The van der Waals surface area contributed by atoms with Crippen LogP contribution in [0.5, 0.6) is 11.5 Å². The Bertz CT molecular complexity index is 786. The second-order valence-corrected chi connectivity index (χ2v) is 7.62. The number of nitrogens with one attached hydrogen (secondary N) is 1. The van der Waals surface area contributed by atoms with Crippen molar-refractivity contribution < 1.29 is 23.7 Å². The molecular formula is C20H26BN2O5. The SMILES string of the molecule is CO[B]NCC(=O)O[C@H]1C=C[C@@]23CCN(C)Cc4ccc(OC)c(c42)O[C@H]3C1. The van der Waals surface area contributed by atoms with Crippen LogP contribution in [0.1, 0.15) is 24.0 Å². The fourth-order valence-electron chi connectivity index (χ4n) is 4.57. The van der Waals surface area contributed by atoms with Gasteiger partial charge in [0, 0.05) is 25.6 Å². The maximum absolute atomic E-state index is 12.0. The van der Waals surface area contributed by atoms with Gasteiger partial charge in [-0.3, -0.25) is 4.79 Å². The van der Waals surface area contributed by atoms with Crippen LogP contribution in [-0.2, 0) is 26.1 Å². The Morgan fingerprint density at radius 2 is 2.29 bits per heavy atom. The highest BCUT2D eigenvalue weighted by Crippen LogP contribution is 2.55. The quantitative estimate of drug-likeness (QED) is 0.341. The molecule has 0 amide bonds. The van der Waals surface area contributed by atoms with Gasteiger partial charge in [0.1, 0.15) is 12.2 Å². The number of nitrogens with zero attached hydrogens (tertiary/aromatic N) is 1. The van der Waals surface area contributed by atoms with Crippen molar-refractivity contribution in [2.45, 2.75) is 37.0 Å². The number of hydrogen-bond acceptors (Lipinski definition) is 7. The van der Waals surface area contributed by atoms with Crippen molar-refractivity contribution in [3.8, 4) is 11.5 Å². The molecule has 7 nitrogen and oxygen atoms in total. The zero-order chi connectivity index (χ0) is 19.7. The second-order valence-electron chi connectivity index (χ2n) is 7.62. The summed E-state index contributed by atoms with van der Waals surface area (Å²) in [5.74, 6) is 1.28. The summed E-state index contributed by atoms with van der Waals surface area (Å²) in [6, 6.07) is 4.13. The summed E-state index contributed by atoms with van der Waals surface area (Å²) in [7, 11) is 6.69. The van der Waals surface area contributed by atoms with Crippen LogP contribution in [0.25, 0.3) is 0 Å². The summed E-state index contributed by atoms with van der Waals surface area (Å²) in [5.41, 5.74) is 2.31. The van der Waals surface area contributed by atoms with Crippen LogP contribution in [0, 0.1) is 0 Å². The Kier molecular flexibility index (Phi) is 5.36. The fraction of sp³-hybridized carbons (Fsp3) is 0.550. The lowest BCUT2D eigenvalue weighted by molar-refractivity contribution is -0.146. The highest BCUT2D eigenvalue weighted by Gasteiger charge is 2.53. The maximum atomic E-state index is 12.0. The summed E-state index contributed by atoms with van der Waals surface area (Å²) in [6.07, 6.45) is 5.41. The van der Waals surface area contributed by atoms with Gasteiger partial charge in [-0.1, -0.05) is 12.1 Å². The van der Waals surface area contributed by atoms with Crippen LogP contribution in [0.15, 0.2) is 24.3 Å². The van der Waals surface area contributed by atoms with E-state index in [-0.39, 0.29) is 30.1 Å². The van der Waals surface area contributed by atoms with Gasteiger partial charge in [0.05, 0.1) is 19.1 Å². The molecule has 0 aromatic heterocycles. The van der Waals surface area contributed by atoms with E-state index < -0.39 is 0 Å². The van der Waals surface area contributed by atoms with Crippen molar-refractivity contribution in [2.24, 2.45) is 0 Å². The minimum absolute atomic E-state index is 0.0673. The molecule has 0 unspecified atom stereocenters. The van der Waals surface area contributed by atoms with Crippen molar-refractivity contribution in [3.63, 3.8) is 0 Å². The van der Waals surface area contributed by atoms with E-state index in [1.54, 1.807) is 7.11 Å². The Morgan fingerprint density at radius 3 is 3.07 bits per heavy atom. The monoisotopic (exact) mass is 385 g/mol. The van der Waals surface area contributed by atoms with Crippen LogP contribution in [0.2, 0.25) is 0 Å². The Hall–Kier alpha value is -2.03. The second kappa shape index (κ2) is 7.77. The number of benzene rings is 1. The molecule has 0 bridgehead atoms. The molecule has 4 rings (SSSR count). The van der Waals surface area contributed by atoms with E-state index in [1.807, 2.05) is 12.1 Å². The first-order chi connectivity index (χ1) is 13.6. The molecule has 2 heterocycles. The summed E-state index contributed by atoms with van der Waals surface area (Å²) < 4.78 is 22.4. The van der Waals surface area contributed by atoms with Crippen LogP contribution < -0.4 is 14.7 Å². The number of methoxy groups -OCH3 is 1. The minimum Gasteiger partial charge on any atom is -0.493 e. The standard InChI is InChI=1S/C20H26BN2O5/c1-23-9-8-20-7-6-14(27-17(24)11-22-21-26-3)10-16(20)28-19-15(25-2)5-4-13(12-23)18(19)20/h4-7,14,16,22H,8-12H2,1-3H3/t14-,16-,20-/m0/s1. The molecule has 149 valence electrons. The van der Waals surface area contributed by atoms with Crippen molar-refractivity contribution in [3.05, 3.63) is 35.4 Å². The molecule has 0 fully saturated rings. The first-order valence-corrected chi connectivity index (χ1v) is 9.59. The predicted octanol–water partition coefficient (Wildman–Crippen LogP) is 1.17. The maximum Gasteiger partial charge on any atom is 0.396 e. The average molecular weight is 385 g/mol. The molecule has 1 aromatic carbocycles. The summed E-state index contributed by atoms with van der Waals surface area (Å²) in [6.45, 7) is 1.93. The Labute approximate surface area is 166 Å². The third kappa shape index (κ3) is 3.29. The van der Waals surface area contributed by atoms with Gasteiger partial charge >= 0.3 is 13.6 Å². The number of carbonyl (C=O) groups is 1. The van der Waals surface area contributed by atoms with Crippen LogP contribution >= 0.6 is 0 Å². The largest absolute Gasteiger partial charge is 0.493 e. The normalized spacial score (nSPS) is 28.0. The zero-order valence-corrected chi connectivity index (χ0v) is 16.6. The van der Waals surface area contributed by atoms with Crippen LogP contribution in [0.4, 0.5) is 0 Å². The molecular weight excluding hydrogens is 359 g/mol. The fourth-order valence-corrected chi connectivity index (χ4v) is 4.57. The van der Waals surface area contributed by atoms with Crippen molar-refractivity contribution in [2.75, 3.05) is 34.4 Å². The van der Waals surface area contributed by atoms with Crippen molar-refractivity contribution >= 4 is 13.6 Å². The van der Waals surface area contributed by atoms with E-state index >= 15 is 0 Å². The van der Waals surface area contributed by atoms with Crippen molar-refractivity contribution in [1.82, 2.24) is 10.1 Å². The average Bonchev–Trinajstić information content (AvgIpc) is 2.94. The molecule has 0 saturated carbocycles. The van der Waals surface area contributed by atoms with E-state index in [1.165, 1.54) is 25.9 Å². The third-order valence-corrected chi connectivity index (χ3v) is 5.86.